The predicted octanol–water partition coefficient (Wildman–Crippen LogP) is -1.48. The fraction of sp³-hybridized carbons (Fsp3) is 0.600. The number of H-pyrrole nitrogens is 1. The van der Waals surface area contributed by atoms with Crippen LogP contribution in [-0.4, -0.2) is 44.2 Å². The van der Waals surface area contributed by atoms with Crippen molar-refractivity contribution in [3.8, 4) is 0 Å². The van der Waals surface area contributed by atoms with Crippen molar-refractivity contribution in [3.63, 3.8) is 0 Å². The van der Waals surface area contributed by atoms with Crippen LogP contribution in [0.4, 0.5) is 4.39 Å². The Morgan fingerprint density at radius 2 is 2.28 bits per heavy atom. The minimum Gasteiger partial charge on any atom is -0.394 e. The molecule has 0 amide bonds. The van der Waals surface area contributed by atoms with Crippen LogP contribution in [0.1, 0.15) is 13.2 Å². The number of rotatable bonds is 2. The van der Waals surface area contributed by atoms with E-state index < -0.39 is 42.0 Å². The van der Waals surface area contributed by atoms with E-state index in [1.807, 2.05) is 4.98 Å². The molecule has 1 aliphatic heterocycles. The summed E-state index contributed by atoms with van der Waals surface area (Å²) in [5, 5.41) is 18.6. The number of hydrogen-bond donors (Lipinski definition) is 3. The smallest absolute Gasteiger partial charge is 0.330 e. The molecular weight excluding hydrogens is 247 g/mol. The summed E-state index contributed by atoms with van der Waals surface area (Å²) in [6.07, 6.45) is -3.01. The number of alkyl halides is 1. The highest BCUT2D eigenvalue weighted by molar-refractivity contribution is 5.01. The number of nitrogens with zero attached hydrogens (tertiary/aromatic N) is 1. The second kappa shape index (κ2) is 4.30. The molecule has 1 aliphatic rings. The van der Waals surface area contributed by atoms with Gasteiger partial charge in [0.25, 0.3) is 5.56 Å². The molecule has 7 nitrogen and oxygen atoms in total. The number of aliphatic hydroxyl groups excluding tert-OH is 2. The van der Waals surface area contributed by atoms with Gasteiger partial charge in [-0.1, -0.05) is 0 Å². The molecule has 18 heavy (non-hydrogen) atoms. The predicted molar refractivity (Wildman–Crippen MR) is 57.8 cm³/mol. The van der Waals surface area contributed by atoms with Crippen molar-refractivity contribution in [1.82, 2.24) is 9.55 Å². The van der Waals surface area contributed by atoms with E-state index in [0.717, 1.165) is 23.8 Å². The third-order valence-electron chi connectivity index (χ3n) is 3.00. The van der Waals surface area contributed by atoms with Crippen molar-refractivity contribution in [3.05, 3.63) is 33.1 Å². The molecule has 0 bridgehead atoms. The van der Waals surface area contributed by atoms with Gasteiger partial charge in [-0.05, 0) is 6.92 Å². The lowest BCUT2D eigenvalue weighted by molar-refractivity contribution is -0.0611. The summed E-state index contributed by atoms with van der Waals surface area (Å²) in [6.45, 7) is 0.491. The first-order valence-corrected chi connectivity index (χ1v) is 5.32. The number of aromatic amines is 1. The SMILES string of the molecule is C[C@@]1(F)C(O)[C@H](CO)O[C@@H]1n1ccc(=O)[nH]c1=O. The first-order valence-electron chi connectivity index (χ1n) is 5.32. The van der Waals surface area contributed by atoms with Gasteiger partial charge in [0.05, 0.1) is 6.61 Å². The van der Waals surface area contributed by atoms with Crippen molar-refractivity contribution in [2.75, 3.05) is 6.61 Å². The van der Waals surface area contributed by atoms with Crippen LogP contribution in [0, 0.1) is 0 Å². The zero-order chi connectivity index (χ0) is 13.5. The Hall–Kier alpha value is -1.51. The van der Waals surface area contributed by atoms with E-state index in [2.05, 4.69) is 0 Å². The maximum absolute atomic E-state index is 14.3. The van der Waals surface area contributed by atoms with E-state index in [0.29, 0.717) is 0 Å². The van der Waals surface area contributed by atoms with Gasteiger partial charge in [-0.3, -0.25) is 14.3 Å². The summed E-state index contributed by atoms with van der Waals surface area (Å²) in [5.41, 5.74) is -3.72. The molecule has 3 N–H and O–H groups in total. The van der Waals surface area contributed by atoms with Gasteiger partial charge in [0.1, 0.15) is 12.2 Å². The Kier molecular flexibility index (Phi) is 3.09. The van der Waals surface area contributed by atoms with Crippen LogP contribution in [-0.2, 0) is 4.74 Å². The summed E-state index contributed by atoms with van der Waals surface area (Å²) in [7, 11) is 0. The normalized spacial score (nSPS) is 35.9. The van der Waals surface area contributed by atoms with Crippen LogP contribution in [0.15, 0.2) is 21.9 Å². The van der Waals surface area contributed by atoms with Crippen molar-refractivity contribution >= 4 is 0 Å². The van der Waals surface area contributed by atoms with Crippen molar-refractivity contribution in [2.45, 2.75) is 31.0 Å². The Bertz CT molecular complexity index is 552. The van der Waals surface area contributed by atoms with Crippen molar-refractivity contribution < 1.29 is 19.3 Å². The molecule has 8 heteroatoms. The number of hydrogen-bond acceptors (Lipinski definition) is 5. The van der Waals surface area contributed by atoms with Crippen LogP contribution >= 0.6 is 0 Å². The highest BCUT2D eigenvalue weighted by Gasteiger charge is 2.54. The first-order chi connectivity index (χ1) is 8.37. The Labute approximate surface area is 100 Å². The van der Waals surface area contributed by atoms with E-state index in [4.69, 9.17) is 9.84 Å². The molecule has 1 aromatic rings. The van der Waals surface area contributed by atoms with Crippen molar-refractivity contribution in [2.24, 2.45) is 0 Å². The Balaban J connectivity index is 2.45. The average Bonchev–Trinajstić information content (AvgIpc) is 2.52. The second-order valence-corrected chi connectivity index (χ2v) is 4.32. The average molecular weight is 260 g/mol. The van der Waals surface area contributed by atoms with Gasteiger partial charge < -0.3 is 14.9 Å². The molecule has 0 aromatic carbocycles. The molecule has 2 heterocycles. The van der Waals surface area contributed by atoms with Crippen molar-refractivity contribution in [1.29, 1.82) is 0 Å². The van der Waals surface area contributed by atoms with E-state index in [1.54, 1.807) is 0 Å². The summed E-state index contributed by atoms with van der Waals surface area (Å²) in [4.78, 5) is 24.4. The van der Waals surface area contributed by atoms with Gasteiger partial charge in [0.2, 0.25) is 0 Å². The lowest BCUT2D eigenvalue weighted by atomic mass is 9.98. The minimum atomic E-state index is -2.25. The Morgan fingerprint density at radius 1 is 1.61 bits per heavy atom. The molecule has 0 saturated carbocycles. The zero-order valence-electron chi connectivity index (χ0n) is 9.54. The quantitative estimate of drug-likeness (QED) is 0.601. The molecule has 1 fully saturated rings. The van der Waals surface area contributed by atoms with Gasteiger partial charge in [0.15, 0.2) is 11.9 Å². The molecule has 1 aromatic heterocycles. The third-order valence-corrected chi connectivity index (χ3v) is 3.00. The molecule has 1 unspecified atom stereocenters. The minimum absolute atomic E-state index is 0.574. The van der Waals surface area contributed by atoms with E-state index in [9.17, 15) is 19.1 Å². The molecule has 100 valence electrons. The third kappa shape index (κ3) is 1.88. The summed E-state index contributed by atoms with van der Waals surface area (Å²) in [6, 6.07) is 1.04. The summed E-state index contributed by atoms with van der Waals surface area (Å²) in [5.74, 6) is 0. The van der Waals surface area contributed by atoms with E-state index in [-0.39, 0.29) is 0 Å². The fourth-order valence-corrected chi connectivity index (χ4v) is 1.97. The molecule has 2 rings (SSSR count). The molecule has 1 saturated heterocycles. The van der Waals surface area contributed by atoms with E-state index >= 15 is 0 Å². The maximum Gasteiger partial charge on any atom is 0.330 e. The molecule has 0 spiro atoms. The first kappa shape index (κ1) is 12.9. The lowest BCUT2D eigenvalue weighted by Crippen LogP contribution is -2.43. The van der Waals surface area contributed by atoms with Crippen LogP contribution in [0.2, 0.25) is 0 Å². The molecular formula is C10H13FN2O5. The molecule has 0 aliphatic carbocycles. The summed E-state index contributed by atoms with van der Waals surface area (Å²) < 4.78 is 20.3. The topological polar surface area (TPSA) is 105 Å². The number of aliphatic hydroxyl groups is 2. The number of nitrogens with one attached hydrogen (secondary N) is 1. The van der Waals surface area contributed by atoms with Gasteiger partial charge in [-0.25, -0.2) is 9.18 Å². The van der Waals surface area contributed by atoms with Gasteiger partial charge in [0, 0.05) is 12.3 Å². The van der Waals surface area contributed by atoms with Crippen LogP contribution in [0.3, 0.4) is 0 Å². The number of halogens is 1. The standard InChI is InChI=1S/C10H13FN2O5/c1-10(11)7(16)5(4-14)18-8(10)13-3-2-6(15)12-9(13)17/h2-3,5,7-8,14,16H,4H2,1H3,(H,12,15,17)/t5-,7?,8-,10+/m0/s1. The molecule has 0 radical (unpaired) electrons. The van der Waals surface area contributed by atoms with Gasteiger partial charge in [-0.15, -0.1) is 0 Å². The maximum atomic E-state index is 14.3. The van der Waals surface area contributed by atoms with E-state index in [1.165, 1.54) is 0 Å². The number of ether oxygens (including phenoxy) is 1. The Morgan fingerprint density at radius 3 is 2.78 bits per heavy atom. The monoisotopic (exact) mass is 260 g/mol. The highest BCUT2D eigenvalue weighted by atomic mass is 19.1. The fourth-order valence-electron chi connectivity index (χ4n) is 1.97. The van der Waals surface area contributed by atoms with Crippen LogP contribution < -0.4 is 11.2 Å². The second-order valence-electron chi connectivity index (χ2n) is 4.32. The lowest BCUT2D eigenvalue weighted by Gasteiger charge is -2.24. The van der Waals surface area contributed by atoms with Crippen LogP contribution in [0.5, 0.6) is 0 Å². The zero-order valence-corrected chi connectivity index (χ0v) is 9.54. The number of aromatic nitrogens is 2. The highest BCUT2D eigenvalue weighted by Crippen LogP contribution is 2.40. The largest absolute Gasteiger partial charge is 0.394 e. The van der Waals surface area contributed by atoms with Gasteiger partial charge >= 0.3 is 5.69 Å². The van der Waals surface area contributed by atoms with Gasteiger partial charge in [-0.2, -0.15) is 0 Å². The summed E-state index contributed by atoms with van der Waals surface area (Å²) >= 11 is 0. The van der Waals surface area contributed by atoms with Crippen LogP contribution in [0.25, 0.3) is 0 Å². The molecule has 4 atom stereocenters.